The van der Waals surface area contributed by atoms with Crippen molar-refractivity contribution in [2.45, 2.75) is 5.44 Å². The van der Waals surface area contributed by atoms with Crippen LogP contribution < -0.4 is 4.90 Å². The van der Waals surface area contributed by atoms with Gasteiger partial charge in [0, 0.05) is 10.2 Å². The Labute approximate surface area is 94.2 Å². The van der Waals surface area contributed by atoms with Gasteiger partial charge in [0.25, 0.3) is 5.91 Å². The lowest BCUT2D eigenvalue weighted by atomic mass is 10.3. The fourth-order valence-electron chi connectivity index (χ4n) is 1.26. The van der Waals surface area contributed by atoms with Crippen LogP contribution in [0.15, 0.2) is 28.7 Å². The van der Waals surface area contributed by atoms with E-state index in [4.69, 9.17) is 0 Å². The highest BCUT2D eigenvalue weighted by Gasteiger charge is 2.31. The molecule has 2 rings (SSSR count). The van der Waals surface area contributed by atoms with Crippen molar-refractivity contribution in [2.24, 2.45) is 0 Å². The van der Waals surface area contributed by atoms with E-state index in [1.54, 1.807) is 4.90 Å². The molecule has 1 unspecified atom stereocenters. The molecule has 74 valence electrons. The first-order valence-corrected chi connectivity index (χ1v) is 5.89. The van der Waals surface area contributed by atoms with Crippen LogP contribution in [0, 0.1) is 0 Å². The van der Waals surface area contributed by atoms with Crippen molar-refractivity contribution in [3.63, 3.8) is 0 Å². The molecule has 0 bridgehead atoms. The Morgan fingerprint density at radius 3 is 2.93 bits per heavy atom. The fourth-order valence-corrected chi connectivity index (χ4v) is 2.48. The number of carbonyl (C=O) groups excluding carboxylic acids is 1. The second kappa shape index (κ2) is 3.92. The van der Waals surface area contributed by atoms with Gasteiger partial charge in [0.05, 0.1) is 5.88 Å². The number of hydrogen-bond acceptors (Lipinski definition) is 3. The molecular weight excluding hydrogens is 266 g/mol. The number of nitrogens with zero attached hydrogens (tertiary/aromatic N) is 1. The van der Waals surface area contributed by atoms with Gasteiger partial charge in [0.15, 0.2) is 5.44 Å². The summed E-state index contributed by atoms with van der Waals surface area (Å²) in [6.07, 6.45) is 0. The summed E-state index contributed by atoms with van der Waals surface area (Å²) in [6, 6.07) is 7.47. The van der Waals surface area contributed by atoms with E-state index in [2.05, 4.69) is 15.9 Å². The number of amides is 1. The average Bonchev–Trinajstić information content (AvgIpc) is 2.48. The number of aliphatic hydroxyl groups is 1. The first-order chi connectivity index (χ1) is 6.68. The van der Waals surface area contributed by atoms with E-state index >= 15 is 0 Å². The van der Waals surface area contributed by atoms with E-state index in [1.165, 1.54) is 11.8 Å². The number of benzene rings is 1. The van der Waals surface area contributed by atoms with Crippen molar-refractivity contribution >= 4 is 39.3 Å². The third-order valence-corrected chi connectivity index (χ3v) is 3.38. The summed E-state index contributed by atoms with van der Waals surface area (Å²) in [5.41, 5.74) is -0.0950. The maximum atomic E-state index is 11.5. The van der Waals surface area contributed by atoms with Crippen molar-refractivity contribution in [3.8, 4) is 0 Å². The molecule has 14 heavy (non-hydrogen) atoms. The second-order valence-electron chi connectivity index (χ2n) is 2.89. The summed E-state index contributed by atoms with van der Waals surface area (Å²) >= 11 is 4.57. The van der Waals surface area contributed by atoms with Crippen LogP contribution in [-0.4, -0.2) is 22.3 Å². The maximum Gasteiger partial charge on any atom is 0.267 e. The van der Waals surface area contributed by atoms with Gasteiger partial charge in [-0.15, -0.1) is 0 Å². The van der Waals surface area contributed by atoms with Gasteiger partial charge in [0.2, 0.25) is 0 Å². The number of thioether (sulfide) groups is 1. The van der Waals surface area contributed by atoms with E-state index in [0.29, 0.717) is 5.88 Å². The Balaban J connectivity index is 2.28. The first-order valence-electron chi connectivity index (χ1n) is 4.05. The lowest BCUT2D eigenvalue weighted by molar-refractivity contribution is -0.121. The predicted molar refractivity (Wildman–Crippen MR) is 60.1 cm³/mol. The molecule has 0 aromatic heterocycles. The van der Waals surface area contributed by atoms with Gasteiger partial charge < -0.3 is 5.11 Å². The largest absolute Gasteiger partial charge is 0.373 e. The second-order valence-corrected chi connectivity index (χ2v) is 4.85. The van der Waals surface area contributed by atoms with Crippen LogP contribution in [0.4, 0.5) is 5.69 Å². The molecule has 0 spiro atoms. The standard InChI is InChI=1S/C9H8BrNO2S/c10-6-2-1-3-7(4-6)11-5-14-9(13)8(11)12/h1-4,9,13H,5H2. The molecule has 1 fully saturated rings. The minimum absolute atomic E-state index is 0.242. The molecule has 1 aromatic carbocycles. The zero-order valence-electron chi connectivity index (χ0n) is 7.18. The third-order valence-electron chi connectivity index (χ3n) is 1.96. The summed E-state index contributed by atoms with van der Waals surface area (Å²) < 4.78 is 0.925. The first kappa shape index (κ1) is 10.0. The van der Waals surface area contributed by atoms with Gasteiger partial charge in [-0.3, -0.25) is 9.69 Å². The minimum atomic E-state index is -0.908. The summed E-state index contributed by atoms with van der Waals surface area (Å²) in [5, 5.41) is 9.26. The average molecular weight is 274 g/mol. The summed E-state index contributed by atoms with van der Waals surface area (Å²) in [6.45, 7) is 0. The van der Waals surface area contributed by atoms with E-state index in [0.717, 1.165) is 10.2 Å². The SMILES string of the molecule is O=C1C(O)SCN1c1cccc(Br)c1. The molecule has 0 saturated carbocycles. The topological polar surface area (TPSA) is 40.5 Å². The molecular formula is C9H8BrNO2S. The molecule has 0 radical (unpaired) electrons. The van der Waals surface area contributed by atoms with Gasteiger partial charge in [-0.05, 0) is 18.2 Å². The van der Waals surface area contributed by atoms with Gasteiger partial charge in [-0.25, -0.2) is 0 Å². The van der Waals surface area contributed by atoms with Crippen molar-refractivity contribution in [2.75, 3.05) is 10.8 Å². The number of anilines is 1. The Bertz CT molecular complexity index is 372. The van der Waals surface area contributed by atoms with E-state index < -0.39 is 5.44 Å². The molecule has 1 aliphatic heterocycles. The van der Waals surface area contributed by atoms with E-state index in [-0.39, 0.29) is 5.91 Å². The zero-order valence-corrected chi connectivity index (χ0v) is 9.59. The maximum absolute atomic E-state index is 11.5. The normalized spacial score (nSPS) is 21.7. The van der Waals surface area contributed by atoms with Crippen LogP contribution in [0.3, 0.4) is 0 Å². The van der Waals surface area contributed by atoms with Gasteiger partial charge in [-0.2, -0.15) is 0 Å². The molecule has 1 aromatic rings. The lowest BCUT2D eigenvalue weighted by Gasteiger charge is -2.14. The summed E-state index contributed by atoms with van der Waals surface area (Å²) in [5.74, 6) is 0.268. The van der Waals surface area contributed by atoms with Gasteiger partial charge >= 0.3 is 0 Å². The third kappa shape index (κ3) is 1.80. The predicted octanol–water partition coefficient (Wildman–Crippen LogP) is 1.80. The lowest BCUT2D eigenvalue weighted by Crippen LogP contribution is -2.28. The number of halogens is 1. The Kier molecular flexibility index (Phi) is 2.80. The monoisotopic (exact) mass is 273 g/mol. The van der Waals surface area contributed by atoms with Crippen molar-refractivity contribution in [1.29, 1.82) is 0 Å². The van der Waals surface area contributed by atoms with Gasteiger partial charge in [0.1, 0.15) is 0 Å². The Morgan fingerprint density at radius 2 is 2.36 bits per heavy atom. The number of aliphatic hydroxyl groups excluding tert-OH is 1. The number of hydrogen-bond donors (Lipinski definition) is 1. The molecule has 1 atom stereocenters. The molecule has 0 aliphatic carbocycles. The zero-order chi connectivity index (χ0) is 10.1. The highest BCUT2D eigenvalue weighted by atomic mass is 79.9. The van der Waals surface area contributed by atoms with Crippen molar-refractivity contribution < 1.29 is 9.90 Å². The van der Waals surface area contributed by atoms with Crippen LogP contribution in [-0.2, 0) is 4.79 Å². The highest BCUT2D eigenvalue weighted by molar-refractivity contribution is 9.10. The smallest absolute Gasteiger partial charge is 0.267 e. The van der Waals surface area contributed by atoms with Crippen LogP contribution >= 0.6 is 27.7 Å². The molecule has 5 heteroatoms. The molecule has 1 heterocycles. The summed E-state index contributed by atoms with van der Waals surface area (Å²) in [4.78, 5) is 13.0. The minimum Gasteiger partial charge on any atom is -0.373 e. The molecule has 1 N–H and O–H groups in total. The Morgan fingerprint density at radius 1 is 1.57 bits per heavy atom. The van der Waals surface area contributed by atoms with Crippen LogP contribution in [0.5, 0.6) is 0 Å². The van der Waals surface area contributed by atoms with Crippen molar-refractivity contribution in [3.05, 3.63) is 28.7 Å². The summed E-state index contributed by atoms with van der Waals surface area (Å²) in [7, 11) is 0. The molecule has 1 amide bonds. The van der Waals surface area contributed by atoms with Crippen LogP contribution in [0.25, 0.3) is 0 Å². The fraction of sp³-hybridized carbons (Fsp3) is 0.222. The molecule has 1 aliphatic rings. The number of rotatable bonds is 1. The Hall–Kier alpha value is -0.520. The quantitative estimate of drug-likeness (QED) is 0.849. The van der Waals surface area contributed by atoms with E-state index in [9.17, 15) is 9.90 Å². The van der Waals surface area contributed by atoms with E-state index in [1.807, 2.05) is 24.3 Å². The molecule has 1 saturated heterocycles. The van der Waals surface area contributed by atoms with Gasteiger partial charge in [-0.1, -0.05) is 33.8 Å². The molecule has 3 nitrogen and oxygen atoms in total. The number of carbonyl (C=O) groups is 1. The highest BCUT2D eigenvalue weighted by Crippen LogP contribution is 2.29. The van der Waals surface area contributed by atoms with Crippen LogP contribution in [0.1, 0.15) is 0 Å². The van der Waals surface area contributed by atoms with Crippen molar-refractivity contribution in [1.82, 2.24) is 0 Å². The van der Waals surface area contributed by atoms with Crippen LogP contribution in [0.2, 0.25) is 0 Å².